The molecule has 0 aromatic heterocycles. The number of hydrogen-bond acceptors (Lipinski definition) is 6. The molecule has 1 saturated carbocycles. The molecule has 2 N–H and O–H groups in total. The second-order valence-electron chi connectivity index (χ2n) is 12.3. The summed E-state index contributed by atoms with van der Waals surface area (Å²) in [6.45, 7) is 5.74. The summed E-state index contributed by atoms with van der Waals surface area (Å²) in [6.07, 6.45) is 10.6. The number of fused-ring (bicyclic) bond motifs is 3. The number of ether oxygens (including phenoxy) is 1. The number of nitrogens with one attached hydrogen (secondary N) is 1. The molecule has 2 bridgehead atoms. The van der Waals surface area contributed by atoms with E-state index in [0.717, 1.165) is 49.9 Å². The quantitative estimate of drug-likeness (QED) is 0.395. The van der Waals surface area contributed by atoms with Crippen molar-refractivity contribution in [3.05, 3.63) is 70.3 Å². The van der Waals surface area contributed by atoms with Gasteiger partial charge in [-0.3, -0.25) is 4.79 Å². The molecule has 0 spiro atoms. The lowest BCUT2D eigenvalue weighted by atomic mass is 9.60. The minimum atomic E-state index is -3.92. The minimum Gasteiger partial charge on any atom is -0.487 e. The number of hydrogen-bond donors (Lipinski definition) is 2. The molecule has 2 aromatic carbocycles. The van der Waals surface area contributed by atoms with Crippen molar-refractivity contribution >= 4 is 33.2 Å². The fraction of sp³-hybridized carbons (Fsp3) is 0.545. The predicted octanol–water partition coefficient (Wildman–Crippen LogP) is 6.27. The molecular formula is C33H43ClN2O5S. The molecular weight excluding hydrogens is 572 g/mol. The standard InChI is InChI=1S/C33H43ClN2O5S/c1-3-7-31-23(2)8-6-15-33(22-37)16-14-27(33)20-36-17-5-4-9-24-18-28(34)12-10-26(24)21-41-30-13-11-25(19-29(30)36)32(38)35-42(31,39)40/h6,10-13,15,18-19,23,27,31,37H,3-5,7-9,14,16-17,20-22H2,1-2H3,(H,35,38)/b15-6-/t23-,27-,31-,33+/m0/s1. The number of allylic oxidation sites excluding steroid dienone is 1. The molecule has 1 fully saturated rings. The highest BCUT2D eigenvalue weighted by molar-refractivity contribution is 7.90. The number of carbonyl (C=O) groups is 1. The number of sulfonamides is 1. The number of aliphatic hydroxyl groups is 1. The van der Waals surface area contributed by atoms with Gasteiger partial charge in [0.05, 0.1) is 17.5 Å². The second-order valence-corrected chi connectivity index (χ2v) is 14.7. The van der Waals surface area contributed by atoms with Crippen molar-refractivity contribution in [3.63, 3.8) is 0 Å². The van der Waals surface area contributed by atoms with Crippen molar-refractivity contribution in [2.24, 2.45) is 17.3 Å². The Bertz CT molecular complexity index is 1420. The van der Waals surface area contributed by atoms with Gasteiger partial charge in [0.2, 0.25) is 10.0 Å². The van der Waals surface area contributed by atoms with Crippen LogP contribution in [-0.4, -0.2) is 44.4 Å². The first-order chi connectivity index (χ1) is 20.2. The van der Waals surface area contributed by atoms with Gasteiger partial charge in [0, 0.05) is 29.1 Å². The van der Waals surface area contributed by atoms with E-state index in [1.54, 1.807) is 18.2 Å². The van der Waals surface area contributed by atoms with E-state index >= 15 is 0 Å². The summed E-state index contributed by atoms with van der Waals surface area (Å²) >= 11 is 6.31. The number of carbonyl (C=O) groups excluding carboxylic acids is 1. The maximum atomic E-state index is 13.5. The summed E-state index contributed by atoms with van der Waals surface area (Å²) in [4.78, 5) is 15.7. The predicted molar refractivity (Wildman–Crippen MR) is 168 cm³/mol. The van der Waals surface area contributed by atoms with E-state index in [4.69, 9.17) is 16.3 Å². The molecule has 2 heterocycles. The molecule has 0 radical (unpaired) electrons. The van der Waals surface area contributed by atoms with E-state index in [9.17, 15) is 18.3 Å². The van der Waals surface area contributed by atoms with Crippen LogP contribution in [0.4, 0.5) is 5.69 Å². The summed E-state index contributed by atoms with van der Waals surface area (Å²) in [6, 6.07) is 11.1. The van der Waals surface area contributed by atoms with Gasteiger partial charge in [0.25, 0.3) is 5.91 Å². The summed E-state index contributed by atoms with van der Waals surface area (Å²) in [5.74, 6) is 0.0560. The van der Waals surface area contributed by atoms with E-state index in [1.165, 1.54) is 5.56 Å². The Kier molecular flexibility index (Phi) is 9.55. The Morgan fingerprint density at radius 2 is 2.00 bits per heavy atom. The molecule has 3 aliphatic rings. The Balaban J connectivity index is 1.58. The van der Waals surface area contributed by atoms with Gasteiger partial charge < -0.3 is 14.7 Å². The fourth-order valence-corrected chi connectivity index (χ4v) is 8.77. The number of halogens is 1. The van der Waals surface area contributed by atoms with Crippen LogP contribution < -0.4 is 14.4 Å². The molecule has 0 unspecified atom stereocenters. The lowest BCUT2D eigenvalue weighted by Crippen LogP contribution is -2.48. The van der Waals surface area contributed by atoms with E-state index in [0.29, 0.717) is 43.2 Å². The van der Waals surface area contributed by atoms with Crippen molar-refractivity contribution < 1.29 is 23.1 Å². The molecule has 1 aliphatic carbocycles. The monoisotopic (exact) mass is 614 g/mol. The number of benzene rings is 2. The molecule has 2 aromatic rings. The van der Waals surface area contributed by atoms with E-state index in [2.05, 4.69) is 21.8 Å². The maximum absolute atomic E-state index is 13.5. The molecule has 2 aliphatic heterocycles. The molecule has 7 nitrogen and oxygen atoms in total. The third kappa shape index (κ3) is 6.51. The normalized spacial score (nSPS) is 28.7. The van der Waals surface area contributed by atoms with Crippen LogP contribution >= 0.6 is 11.6 Å². The highest BCUT2D eigenvalue weighted by Gasteiger charge is 2.45. The van der Waals surface area contributed by atoms with Crippen molar-refractivity contribution in [2.75, 3.05) is 24.6 Å². The van der Waals surface area contributed by atoms with E-state index < -0.39 is 21.2 Å². The van der Waals surface area contributed by atoms with Gasteiger partial charge in [0.1, 0.15) is 12.4 Å². The Hall–Kier alpha value is -2.55. The molecule has 228 valence electrons. The summed E-state index contributed by atoms with van der Waals surface area (Å²) in [7, 11) is -3.92. The maximum Gasteiger partial charge on any atom is 0.264 e. The van der Waals surface area contributed by atoms with Crippen molar-refractivity contribution in [3.8, 4) is 5.75 Å². The topological polar surface area (TPSA) is 95.9 Å². The lowest BCUT2D eigenvalue weighted by molar-refractivity contribution is 0.0218. The van der Waals surface area contributed by atoms with Crippen molar-refractivity contribution in [1.82, 2.24) is 4.72 Å². The SMILES string of the molecule is CCC[C@H]1[C@@H](C)C/C=C\[C@]2(CO)CC[C@H]2CN2CCCCc3cc(Cl)ccc3COc3ccc(cc32)C(=O)NS1(=O)=O. The first-order valence-corrected chi connectivity index (χ1v) is 17.2. The number of rotatable bonds is 3. The average Bonchev–Trinajstić information content (AvgIpc) is 2.98. The zero-order chi connectivity index (χ0) is 29.9. The van der Waals surface area contributed by atoms with Gasteiger partial charge >= 0.3 is 0 Å². The molecule has 1 amide bonds. The zero-order valence-corrected chi connectivity index (χ0v) is 26.2. The molecule has 0 saturated heterocycles. The van der Waals surface area contributed by atoms with Gasteiger partial charge in [0.15, 0.2) is 0 Å². The van der Waals surface area contributed by atoms with Crippen LogP contribution in [0.1, 0.15) is 80.3 Å². The smallest absolute Gasteiger partial charge is 0.264 e. The Labute approximate surface area is 255 Å². The average molecular weight is 615 g/mol. The van der Waals surface area contributed by atoms with Crippen LogP contribution in [0.2, 0.25) is 5.02 Å². The van der Waals surface area contributed by atoms with E-state index in [1.807, 2.05) is 32.0 Å². The van der Waals surface area contributed by atoms with Crippen LogP contribution in [0.5, 0.6) is 5.75 Å². The second kappa shape index (κ2) is 13.0. The molecule has 5 rings (SSSR count). The van der Waals surface area contributed by atoms with Crippen LogP contribution in [0, 0.1) is 17.3 Å². The van der Waals surface area contributed by atoms with Gasteiger partial charge in [-0.2, -0.15) is 0 Å². The lowest BCUT2D eigenvalue weighted by Gasteiger charge is -2.49. The van der Waals surface area contributed by atoms with Gasteiger partial charge in [-0.05, 0) is 98.2 Å². The number of nitrogens with zero attached hydrogens (tertiary/aromatic N) is 1. The minimum absolute atomic E-state index is 0.0482. The third-order valence-corrected chi connectivity index (χ3v) is 11.7. The number of aliphatic hydroxyl groups excluding tert-OH is 1. The number of aryl methyl sites for hydroxylation is 1. The van der Waals surface area contributed by atoms with Crippen LogP contribution in [-0.2, 0) is 23.1 Å². The highest BCUT2D eigenvalue weighted by atomic mass is 35.5. The van der Waals surface area contributed by atoms with Gasteiger partial charge in [-0.25, -0.2) is 13.1 Å². The first kappa shape index (κ1) is 30.9. The molecule has 42 heavy (non-hydrogen) atoms. The number of amides is 1. The summed E-state index contributed by atoms with van der Waals surface area (Å²) in [5, 5.41) is 10.6. The van der Waals surface area contributed by atoms with Crippen LogP contribution in [0.15, 0.2) is 48.6 Å². The molecule has 9 heteroatoms. The van der Waals surface area contributed by atoms with Crippen LogP contribution in [0.3, 0.4) is 0 Å². The fourth-order valence-electron chi connectivity index (χ4n) is 6.78. The highest BCUT2D eigenvalue weighted by Crippen LogP contribution is 2.49. The summed E-state index contributed by atoms with van der Waals surface area (Å²) < 4.78 is 35.8. The van der Waals surface area contributed by atoms with E-state index in [-0.39, 0.29) is 29.4 Å². The third-order valence-electron chi connectivity index (χ3n) is 9.54. The largest absolute Gasteiger partial charge is 0.487 e. The van der Waals surface area contributed by atoms with Crippen molar-refractivity contribution in [2.45, 2.75) is 77.1 Å². The molecule has 4 atom stereocenters. The first-order valence-electron chi connectivity index (χ1n) is 15.3. The Morgan fingerprint density at radius 1 is 1.17 bits per heavy atom. The summed E-state index contributed by atoms with van der Waals surface area (Å²) in [5.41, 5.74) is 2.96. The zero-order valence-electron chi connectivity index (χ0n) is 24.6. The van der Waals surface area contributed by atoms with Crippen LogP contribution in [0.25, 0.3) is 0 Å². The number of anilines is 1. The van der Waals surface area contributed by atoms with Gasteiger partial charge in [-0.15, -0.1) is 0 Å². The Morgan fingerprint density at radius 3 is 2.74 bits per heavy atom. The van der Waals surface area contributed by atoms with Gasteiger partial charge in [-0.1, -0.05) is 50.1 Å². The van der Waals surface area contributed by atoms with Crippen molar-refractivity contribution in [1.29, 1.82) is 0 Å².